The van der Waals surface area contributed by atoms with Gasteiger partial charge in [-0.2, -0.15) is 0 Å². The quantitative estimate of drug-likeness (QED) is 0.280. The van der Waals surface area contributed by atoms with E-state index in [2.05, 4.69) is 26.6 Å². The first-order valence-corrected chi connectivity index (χ1v) is 13.7. The third kappa shape index (κ3) is 4.97. The summed E-state index contributed by atoms with van der Waals surface area (Å²) in [6.45, 7) is 3.03. The Balaban J connectivity index is 1.62. The van der Waals surface area contributed by atoms with E-state index in [1.165, 1.54) is 0 Å². The SMILES string of the molecule is CCCNC(=O)[C@H]1[C@H]2C(=O)N(CCCCCCO)C(C(=O)Nc3ccc(Cl)cc3)C23CC(Br)[C@@H]1O3. The molecule has 10 heteroatoms. The molecule has 192 valence electrons. The topological polar surface area (TPSA) is 108 Å². The number of unbranched alkanes of at least 4 members (excludes halogenated alkanes) is 3. The maximum atomic E-state index is 13.8. The number of ether oxygens (including phenoxy) is 1. The van der Waals surface area contributed by atoms with Crippen molar-refractivity contribution in [1.29, 1.82) is 0 Å². The minimum atomic E-state index is -1.06. The molecule has 1 aromatic rings. The first kappa shape index (κ1) is 26.4. The van der Waals surface area contributed by atoms with Crippen LogP contribution < -0.4 is 10.6 Å². The predicted octanol–water partition coefficient (Wildman–Crippen LogP) is 3.11. The van der Waals surface area contributed by atoms with Crippen molar-refractivity contribution in [2.45, 2.75) is 68.0 Å². The third-order valence-corrected chi connectivity index (χ3v) is 8.41. The maximum Gasteiger partial charge on any atom is 0.250 e. The van der Waals surface area contributed by atoms with Crippen LogP contribution in [-0.4, -0.2) is 70.0 Å². The van der Waals surface area contributed by atoms with Crippen molar-refractivity contribution in [2.75, 3.05) is 25.0 Å². The normalized spacial score (nSPS) is 31.0. The van der Waals surface area contributed by atoms with Crippen molar-refractivity contribution in [1.82, 2.24) is 10.2 Å². The van der Waals surface area contributed by atoms with Gasteiger partial charge in [-0.1, -0.05) is 47.3 Å². The number of carbonyl (C=O) groups excluding carboxylic acids is 3. The Hall–Kier alpha value is -1.68. The molecule has 3 saturated heterocycles. The predicted molar refractivity (Wildman–Crippen MR) is 136 cm³/mol. The Morgan fingerprint density at radius 1 is 1.20 bits per heavy atom. The fourth-order valence-electron chi connectivity index (χ4n) is 5.83. The number of benzene rings is 1. The minimum Gasteiger partial charge on any atom is -0.396 e. The van der Waals surface area contributed by atoms with Crippen LogP contribution in [0.2, 0.25) is 5.02 Å². The third-order valence-electron chi connectivity index (χ3n) is 7.31. The van der Waals surface area contributed by atoms with Crippen molar-refractivity contribution in [3.05, 3.63) is 29.3 Å². The number of carbonyl (C=O) groups is 3. The first-order valence-electron chi connectivity index (χ1n) is 12.4. The van der Waals surface area contributed by atoms with E-state index < -0.39 is 29.6 Å². The molecule has 3 N–H and O–H groups in total. The summed E-state index contributed by atoms with van der Waals surface area (Å²) in [5.74, 6) is -2.05. The van der Waals surface area contributed by atoms with E-state index in [0.29, 0.717) is 43.1 Å². The van der Waals surface area contributed by atoms with E-state index in [-0.39, 0.29) is 29.2 Å². The monoisotopic (exact) mass is 569 g/mol. The summed E-state index contributed by atoms with van der Waals surface area (Å²) in [5.41, 5.74) is -0.485. The lowest BCUT2D eigenvalue weighted by Crippen LogP contribution is -2.54. The number of nitrogens with zero attached hydrogens (tertiary/aromatic N) is 1. The van der Waals surface area contributed by atoms with Gasteiger partial charge in [-0.15, -0.1) is 0 Å². The number of aliphatic hydroxyl groups excluding tert-OH is 1. The Morgan fingerprint density at radius 2 is 1.91 bits per heavy atom. The van der Waals surface area contributed by atoms with Gasteiger partial charge >= 0.3 is 0 Å². The lowest BCUT2D eigenvalue weighted by Gasteiger charge is -2.34. The molecule has 4 rings (SSSR count). The number of hydrogen-bond acceptors (Lipinski definition) is 5. The van der Waals surface area contributed by atoms with Gasteiger partial charge in [0.15, 0.2) is 0 Å². The second-order valence-corrected chi connectivity index (χ2v) is 11.2. The van der Waals surface area contributed by atoms with Crippen molar-refractivity contribution < 1.29 is 24.2 Å². The van der Waals surface area contributed by atoms with Gasteiger partial charge in [0.05, 0.1) is 17.9 Å². The number of fused-ring (bicyclic) bond motifs is 1. The smallest absolute Gasteiger partial charge is 0.250 e. The molecule has 35 heavy (non-hydrogen) atoms. The van der Waals surface area contributed by atoms with E-state index >= 15 is 0 Å². The lowest BCUT2D eigenvalue weighted by atomic mass is 9.70. The molecule has 3 amide bonds. The summed E-state index contributed by atoms with van der Waals surface area (Å²) in [6.07, 6.45) is 3.89. The standard InChI is InChI=1S/C25H33BrClN3O5/c1-2-11-28-22(32)18-19-24(34)30(12-5-3-4-6-13-31)21(25(19)14-17(26)20(18)35-25)23(33)29-16-9-7-15(27)8-10-16/h7-10,17-21,31H,2-6,11-14H2,1H3,(H,28,32)(H,29,33)/t17?,18-,19-,20-,21?,25?/m0/s1. The molecule has 2 bridgehead atoms. The van der Waals surface area contributed by atoms with Crippen LogP contribution in [0.25, 0.3) is 0 Å². The molecule has 0 saturated carbocycles. The lowest BCUT2D eigenvalue weighted by molar-refractivity contribution is -0.140. The second-order valence-electron chi connectivity index (χ2n) is 9.62. The minimum absolute atomic E-state index is 0.126. The first-order chi connectivity index (χ1) is 16.8. The van der Waals surface area contributed by atoms with Crippen LogP contribution in [0.5, 0.6) is 0 Å². The molecule has 0 aromatic heterocycles. The number of anilines is 1. The van der Waals surface area contributed by atoms with Crippen molar-refractivity contribution in [3.8, 4) is 0 Å². The number of rotatable bonds is 11. The summed E-state index contributed by atoms with van der Waals surface area (Å²) in [6, 6.07) is 5.97. The Labute approximate surface area is 219 Å². The van der Waals surface area contributed by atoms with Gasteiger partial charge < -0.3 is 25.4 Å². The molecular weight excluding hydrogens is 538 g/mol. The number of halogens is 2. The van der Waals surface area contributed by atoms with Gasteiger partial charge in [0.1, 0.15) is 11.6 Å². The molecule has 3 heterocycles. The molecule has 3 unspecified atom stereocenters. The summed E-state index contributed by atoms with van der Waals surface area (Å²) < 4.78 is 6.46. The average Bonchev–Trinajstić information content (AvgIpc) is 3.42. The molecule has 6 atom stereocenters. The number of nitrogens with one attached hydrogen (secondary N) is 2. The molecule has 3 aliphatic heterocycles. The van der Waals surface area contributed by atoms with Crippen LogP contribution in [0, 0.1) is 11.8 Å². The van der Waals surface area contributed by atoms with Gasteiger partial charge in [0.2, 0.25) is 17.7 Å². The van der Waals surface area contributed by atoms with Gasteiger partial charge in [-0.05, 0) is 49.9 Å². The number of alkyl halides is 1. The molecule has 1 aromatic carbocycles. The van der Waals surface area contributed by atoms with Crippen LogP contribution in [-0.2, 0) is 19.1 Å². The highest BCUT2D eigenvalue weighted by Gasteiger charge is 2.76. The fourth-order valence-corrected chi connectivity index (χ4v) is 6.90. The van der Waals surface area contributed by atoms with Crippen molar-refractivity contribution >= 4 is 50.9 Å². The highest BCUT2D eigenvalue weighted by molar-refractivity contribution is 9.09. The van der Waals surface area contributed by atoms with Crippen molar-refractivity contribution in [2.24, 2.45) is 11.8 Å². The highest BCUT2D eigenvalue weighted by Crippen LogP contribution is 2.60. The summed E-state index contributed by atoms with van der Waals surface area (Å²) >= 11 is 9.66. The van der Waals surface area contributed by atoms with E-state index in [1.807, 2.05) is 6.92 Å². The average molecular weight is 571 g/mol. The van der Waals surface area contributed by atoms with Crippen molar-refractivity contribution in [3.63, 3.8) is 0 Å². The number of aliphatic hydroxyl groups is 1. The van der Waals surface area contributed by atoms with E-state index in [9.17, 15) is 14.4 Å². The Morgan fingerprint density at radius 3 is 2.60 bits per heavy atom. The van der Waals surface area contributed by atoms with E-state index in [0.717, 1.165) is 19.3 Å². The molecule has 3 aliphatic rings. The van der Waals surface area contributed by atoms with Crippen LogP contribution >= 0.6 is 27.5 Å². The molecular formula is C25H33BrClN3O5. The zero-order chi connectivity index (χ0) is 25.2. The highest BCUT2D eigenvalue weighted by atomic mass is 79.9. The Bertz CT molecular complexity index is 948. The van der Waals surface area contributed by atoms with Crippen LogP contribution in [0.1, 0.15) is 45.4 Å². The number of hydrogen-bond donors (Lipinski definition) is 3. The van der Waals surface area contributed by atoms with Gasteiger partial charge in [0, 0.05) is 35.2 Å². The van der Waals surface area contributed by atoms with Crippen LogP contribution in [0.3, 0.4) is 0 Å². The molecule has 1 spiro atoms. The summed E-state index contributed by atoms with van der Waals surface area (Å²) in [7, 11) is 0. The van der Waals surface area contributed by atoms with Crippen LogP contribution in [0.15, 0.2) is 24.3 Å². The largest absolute Gasteiger partial charge is 0.396 e. The number of amides is 3. The zero-order valence-electron chi connectivity index (χ0n) is 19.8. The molecule has 0 radical (unpaired) electrons. The zero-order valence-corrected chi connectivity index (χ0v) is 22.2. The summed E-state index contributed by atoms with van der Waals surface area (Å²) in [5, 5.41) is 15.5. The van der Waals surface area contributed by atoms with E-state index in [1.54, 1.807) is 29.2 Å². The second kappa shape index (κ2) is 11.2. The van der Waals surface area contributed by atoms with E-state index in [4.69, 9.17) is 21.4 Å². The van der Waals surface area contributed by atoms with Gasteiger partial charge in [-0.3, -0.25) is 14.4 Å². The van der Waals surface area contributed by atoms with Gasteiger partial charge in [0.25, 0.3) is 0 Å². The molecule has 3 fully saturated rings. The fraction of sp³-hybridized carbons (Fsp3) is 0.640. The van der Waals surface area contributed by atoms with Gasteiger partial charge in [-0.25, -0.2) is 0 Å². The number of likely N-dealkylation sites (tertiary alicyclic amines) is 1. The maximum absolute atomic E-state index is 13.8. The van der Waals surface area contributed by atoms with Crippen LogP contribution in [0.4, 0.5) is 5.69 Å². The Kier molecular flexibility index (Phi) is 8.41. The molecule has 0 aliphatic carbocycles. The summed E-state index contributed by atoms with van der Waals surface area (Å²) in [4.78, 5) is 42.2. The molecule has 8 nitrogen and oxygen atoms in total.